The summed E-state index contributed by atoms with van der Waals surface area (Å²) >= 11 is 0. The zero-order valence-corrected chi connectivity index (χ0v) is 21.9. The van der Waals surface area contributed by atoms with Gasteiger partial charge in [-0.25, -0.2) is 9.97 Å². The van der Waals surface area contributed by atoms with Gasteiger partial charge in [-0.3, -0.25) is 9.89 Å². The molecular formula is C23H36IN7O. The van der Waals surface area contributed by atoms with E-state index in [1.54, 1.807) is 19.4 Å². The van der Waals surface area contributed by atoms with Gasteiger partial charge in [0.1, 0.15) is 5.75 Å². The van der Waals surface area contributed by atoms with E-state index in [1.165, 1.54) is 5.56 Å². The molecule has 8 nitrogen and oxygen atoms in total. The molecule has 2 N–H and O–H groups in total. The van der Waals surface area contributed by atoms with Crippen LogP contribution in [0, 0.1) is 6.92 Å². The van der Waals surface area contributed by atoms with Gasteiger partial charge >= 0.3 is 0 Å². The van der Waals surface area contributed by atoms with E-state index in [-0.39, 0.29) is 30.1 Å². The average Bonchev–Trinajstić information content (AvgIpc) is 2.78. The molecule has 0 amide bonds. The minimum absolute atomic E-state index is 0. The van der Waals surface area contributed by atoms with Gasteiger partial charge in [-0.15, -0.1) is 24.0 Å². The lowest BCUT2D eigenvalue weighted by Crippen LogP contribution is -2.49. The van der Waals surface area contributed by atoms with Crippen LogP contribution in [-0.2, 0) is 6.54 Å². The number of piperazine rings is 1. The molecule has 0 spiro atoms. The first-order valence-corrected chi connectivity index (χ1v) is 11.0. The maximum Gasteiger partial charge on any atom is 0.225 e. The van der Waals surface area contributed by atoms with Gasteiger partial charge in [-0.05, 0) is 38.5 Å². The molecule has 1 saturated heterocycles. The molecule has 0 atom stereocenters. The van der Waals surface area contributed by atoms with E-state index in [9.17, 15) is 0 Å². The quantitative estimate of drug-likeness (QED) is 0.296. The number of guanidine groups is 1. The predicted octanol–water partition coefficient (Wildman–Crippen LogP) is 2.68. The van der Waals surface area contributed by atoms with Gasteiger partial charge in [0.25, 0.3) is 0 Å². The van der Waals surface area contributed by atoms with Crippen molar-refractivity contribution < 1.29 is 4.74 Å². The molecule has 1 aromatic heterocycles. The fraction of sp³-hybridized carbons (Fsp3) is 0.522. The zero-order valence-electron chi connectivity index (χ0n) is 19.5. The van der Waals surface area contributed by atoms with Crippen molar-refractivity contribution in [3.63, 3.8) is 0 Å². The average molecular weight is 553 g/mol. The highest BCUT2D eigenvalue weighted by Gasteiger charge is 2.18. The van der Waals surface area contributed by atoms with Crippen molar-refractivity contribution in [2.75, 3.05) is 51.2 Å². The highest BCUT2D eigenvalue weighted by Crippen LogP contribution is 2.21. The third kappa shape index (κ3) is 8.09. The van der Waals surface area contributed by atoms with E-state index in [1.807, 2.05) is 19.9 Å². The van der Waals surface area contributed by atoms with Gasteiger partial charge < -0.3 is 20.3 Å². The van der Waals surface area contributed by atoms with Crippen LogP contribution < -0.4 is 20.3 Å². The predicted molar refractivity (Wildman–Crippen MR) is 141 cm³/mol. The number of benzene rings is 1. The number of ether oxygens (including phenoxy) is 1. The fourth-order valence-corrected chi connectivity index (χ4v) is 3.53. The highest BCUT2D eigenvalue weighted by atomic mass is 127. The second-order valence-corrected chi connectivity index (χ2v) is 8.01. The van der Waals surface area contributed by atoms with Crippen molar-refractivity contribution in [2.45, 2.75) is 33.4 Å². The van der Waals surface area contributed by atoms with E-state index in [2.05, 4.69) is 60.5 Å². The molecule has 1 fully saturated rings. The highest BCUT2D eigenvalue weighted by molar-refractivity contribution is 14.0. The van der Waals surface area contributed by atoms with Gasteiger partial charge in [0, 0.05) is 70.8 Å². The summed E-state index contributed by atoms with van der Waals surface area (Å²) in [6.45, 7) is 12.6. The van der Waals surface area contributed by atoms with Gasteiger partial charge in [0.05, 0.1) is 6.10 Å². The van der Waals surface area contributed by atoms with E-state index >= 15 is 0 Å². The Morgan fingerprint density at radius 1 is 1.12 bits per heavy atom. The SMILES string of the molecule is CN=C(NCCN1CCN(c2ncccn2)CC1)NCc1ccc(C)cc1OC(C)C.I. The lowest BCUT2D eigenvalue weighted by atomic mass is 10.1. The summed E-state index contributed by atoms with van der Waals surface area (Å²) in [4.78, 5) is 17.7. The summed E-state index contributed by atoms with van der Waals surface area (Å²) in [7, 11) is 1.80. The standard InChI is InChI=1S/C23H35N7O.HI/c1-18(2)31-21-16-19(3)6-7-20(21)17-28-22(24-4)25-10-11-29-12-14-30(15-13-29)23-26-8-5-9-27-23;/h5-9,16,18H,10-15,17H2,1-4H3,(H2,24,25,28);1H. The number of rotatable bonds is 8. The number of aliphatic imine (C=N–C) groups is 1. The molecule has 1 aromatic carbocycles. The summed E-state index contributed by atoms with van der Waals surface area (Å²) in [5.41, 5.74) is 2.32. The van der Waals surface area contributed by atoms with Crippen LogP contribution in [0.15, 0.2) is 41.7 Å². The van der Waals surface area contributed by atoms with Crippen LogP contribution in [0.5, 0.6) is 5.75 Å². The van der Waals surface area contributed by atoms with Crippen molar-refractivity contribution in [1.29, 1.82) is 0 Å². The first kappa shape index (κ1) is 26.1. The number of halogens is 1. The Morgan fingerprint density at radius 3 is 2.50 bits per heavy atom. The van der Waals surface area contributed by atoms with E-state index in [0.717, 1.165) is 62.5 Å². The Kier molecular flexibility index (Phi) is 10.9. The Hall–Kier alpha value is -2.14. The lowest BCUT2D eigenvalue weighted by molar-refractivity contribution is 0.239. The molecule has 1 aliphatic rings. The molecule has 0 unspecified atom stereocenters. The molecule has 32 heavy (non-hydrogen) atoms. The topological polar surface area (TPSA) is 77.9 Å². The molecule has 0 aliphatic carbocycles. The Morgan fingerprint density at radius 2 is 1.84 bits per heavy atom. The normalized spacial score (nSPS) is 14.8. The maximum absolute atomic E-state index is 5.97. The van der Waals surface area contributed by atoms with Crippen molar-refractivity contribution in [1.82, 2.24) is 25.5 Å². The summed E-state index contributed by atoms with van der Waals surface area (Å²) in [5.74, 6) is 2.55. The number of hydrogen-bond donors (Lipinski definition) is 2. The monoisotopic (exact) mass is 553 g/mol. The molecule has 2 heterocycles. The molecule has 0 radical (unpaired) electrons. The van der Waals surface area contributed by atoms with Crippen molar-refractivity contribution in [3.05, 3.63) is 47.8 Å². The van der Waals surface area contributed by atoms with Crippen LogP contribution in [0.1, 0.15) is 25.0 Å². The Balaban J connectivity index is 0.00000363. The molecule has 1 aliphatic heterocycles. The van der Waals surface area contributed by atoms with Crippen molar-refractivity contribution >= 4 is 35.9 Å². The van der Waals surface area contributed by atoms with Gasteiger partial charge in [0.15, 0.2) is 5.96 Å². The van der Waals surface area contributed by atoms with Crippen molar-refractivity contribution in [3.8, 4) is 5.75 Å². The second-order valence-electron chi connectivity index (χ2n) is 8.01. The van der Waals surface area contributed by atoms with E-state index in [0.29, 0.717) is 6.54 Å². The minimum atomic E-state index is 0. The number of aromatic nitrogens is 2. The molecule has 9 heteroatoms. The third-order valence-corrected chi connectivity index (χ3v) is 5.18. The van der Waals surface area contributed by atoms with Crippen LogP contribution in [0.4, 0.5) is 5.95 Å². The summed E-state index contributed by atoms with van der Waals surface area (Å²) in [6.07, 6.45) is 3.74. The molecule has 2 aromatic rings. The Labute approximate surface area is 208 Å². The first-order valence-electron chi connectivity index (χ1n) is 11.0. The van der Waals surface area contributed by atoms with Gasteiger partial charge in [0.2, 0.25) is 5.95 Å². The van der Waals surface area contributed by atoms with E-state index < -0.39 is 0 Å². The number of nitrogens with zero attached hydrogens (tertiary/aromatic N) is 5. The number of aryl methyl sites for hydroxylation is 1. The number of nitrogens with one attached hydrogen (secondary N) is 2. The largest absolute Gasteiger partial charge is 0.491 e. The second kappa shape index (κ2) is 13.4. The minimum Gasteiger partial charge on any atom is -0.491 e. The summed E-state index contributed by atoms with van der Waals surface area (Å²) in [6, 6.07) is 8.17. The Bertz CT molecular complexity index is 839. The van der Waals surface area contributed by atoms with Crippen LogP contribution >= 0.6 is 24.0 Å². The summed E-state index contributed by atoms with van der Waals surface area (Å²) in [5, 5.41) is 6.82. The fourth-order valence-electron chi connectivity index (χ4n) is 3.53. The number of anilines is 1. The van der Waals surface area contributed by atoms with E-state index in [4.69, 9.17) is 4.74 Å². The van der Waals surface area contributed by atoms with Crippen LogP contribution in [-0.4, -0.2) is 73.2 Å². The molecule has 176 valence electrons. The van der Waals surface area contributed by atoms with Crippen molar-refractivity contribution in [2.24, 2.45) is 4.99 Å². The molecular weight excluding hydrogens is 517 g/mol. The van der Waals surface area contributed by atoms with Gasteiger partial charge in [-0.1, -0.05) is 12.1 Å². The van der Waals surface area contributed by atoms with Crippen LogP contribution in [0.3, 0.4) is 0 Å². The molecule has 3 rings (SSSR count). The van der Waals surface area contributed by atoms with Crippen LogP contribution in [0.25, 0.3) is 0 Å². The first-order chi connectivity index (χ1) is 15.0. The molecule has 0 saturated carbocycles. The van der Waals surface area contributed by atoms with Gasteiger partial charge in [-0.2, -0.15) is 0 Å². The lowest BCUT2D eigenvalue weighted by Gasteiger charge is -2.34. The smallest absolute Gasteiger partial charge is 0.225 e. The van der Waals surface area contributed by atoms with Crippen LogP contribution in [0.2, 0.25) is 0 Å². The number of hydrogen-bond acceptors (Lipinski definition) is 6. The maximum atomic E-state index is 5.97. The summed E-state index contributed by atoms with van der Waals surface area (Å²) < 4.78 is 5.97. The molecule has 0 bridgehead atoms. The zero-order chi connectivity index (χ0) is 22.1. The third-order valence-electron chi connectivity index (χ3n) is 5.18.